The standard InChI is InChI=1S/C13H16BrN3O/c1-9(2)18-12-4-3-10(7-11(12)14)17-8-13-15-5-6-16-13/h3-7,9,17H,8H2,1-2H3,(H,15,16). The SMILES string of the molecule is CC(C)Oc1ccc(NCc2ncc[nH]2)cc1Br. The van der Waals surface area contributed by atoms with E-state index >= 15 is 0 Å². The van der Waals surface area contributed by atoms with Crippen LogP contribution < -0.4 is 10.1 Å². The highest BCUT2D eigenvalue weighted by atomic mass is 79.9. The number of halogens is 1. The van der Waals surface area contributed by atoms with Gasteiger partial charge in [-0.15, -0.1) is 0 Å². The molecule has 0 atom stereocenters. The van der Waals surface area contributed by atoms with E-state index in [0.717, 1.165) is 21.7 Å². The third-order valence-corrected chi connectivity index (χ3v) is 2.93. The molecule has 0 spiro atoms. The smallest absolute Gasteiger partial charge is 0.134 e. The summed E-state index contributed by atoms with van der Waals surface area (Å²) in [6, 6.07) is 5.95. The molecule has 0 unspecified atom stereocenters. The third-order valence-electron chi connectivity index (χ3n) is 2.31. The van der Waals surface area contributed by atoms with Crippen LogP contribution in [0.1, 0.15) is 19.7 Å². The average Bonchev–Trinajstić information content (AvgIpc) is 2.82. The van der Waals surface area contributed by atoms with Gasteiger partial charge in [-0.2, -0.15) is 0 Å². The second-order valence-corrected chi connectivity index (χ2v) is 5.06. The fourth-order valence-electron chi connectivity index (χ4n) is 1.54. The number of H-pyrrole nitrogens is 1. The van der Waals surface area contributed by atoms with Crippen molar-refractivity contribution in [3.8, 4) is 5.75 Å². The zero-order valence-corrected chi connectivity index (χ0v) is 12.0. The van der Waals surface area contributed by atoms with Crippen LogP contribution in [0.5, 0.6) is 5.75 Å². The average molecular weight is 310 g/mol. The number of anilines is 1. The highest BCUT2D eigenvalue weighted by Gasteiger charge is 2.04. The number of ether oxygens (including phenoxy) is 1. The lowest BCUT2D eigenvalue weighted by Gasteiger charge is -2.13. The van der Waals surface area contributed by atoms with Crippen LogP contribution in [0.3, 0.4) is 0 Å². The molecule has 0 radical (unpaired) electrons. The van der Waals surface area contributed by atoms with Crippen LogP contribution in [0.2, 0.25) is 0 Å². The Balaban J connectivity index is 2.00. The highest BCUT2D eigenvalue weighted by molar-refractivity contribution is 9.10. The molecular weight excluding hydrogens is 294 g/mol. The molecule has 1 aromatic heterocycles. The minimum atomic E-state index is 0.170. The number of nitrogens with one attached hydrogen (secondary N) is 2. The first-order valence-corrected chi connectivity index (χ1v) is 6.63. The van der Waals surface area contributed by atoms with Crippen LogP contribution in [0.15, 0.2) is 35.1 Å². The third kappa shape index (κ3) is 3.50. The van der Waals surface area contributed by atoms with Gasteiger partial charge in [-0.25, -0.2) is 4.98 Å². The Bertz CT molecular complexity index is 497. The van der Waals surface area contributed by atoms with Crippen LogP contribution in [0.25, 0.3) is 0 Å². The summed E-state index contributed by atoms with van der Waals surface area (Å²) in [5.41, 5.74) is 1.02. The second-order valence-electron chi connectivity index (χ2n) is 4.20. The monoisotopic (exact) mass is 309 g/mol. The summed E-state index contributed by atoms with van der Waals surface area (Å²) in [4.78, 5) is 7.21. The molecule has 5 heteroatoms. The van der Waals surface area contributed by atoms with Crippen molar-refractivity contribution in [2.45, 2.75) is 26.5 Å². The van der Waals surface area contributed by atoms with E-state index in [1.165, 1.54) is 0 Å². The number of aromatic amines is 1. The van der Waals surface area contributed by atoms with Gasteiger partial charge >= 0.3 is 0 Å². The minimum absolute atomic E-state index is 0.170. The maximum atomic E-state index is 5.66. The molecule has 2 rings (SSSR count). The number of hydrogen-bond donors (Lipinski definition) is 2. The molecule has 0 saturated carbocycles. The molecule has 4 nitrogen and oxygen atoms in total. The van der Waals surface area contributed by atoms with E-state index in [0.29, 0.717) is 6.54 Å². The molecule has 0 aliphatic rings. The van der Waals surface area contributed by atoms with E-state index < -0.39 is 0 Å². The van der Waals surface area contributed by atoms with E-state index in [1.54, 1.807) is 6.20 Å². The van der Waals surface area contributed by atoms with Crippen molar-refractivity contribution in [2.24, 2.45) is 0 Å². The predicted molar refractivity (Wildman–Crippen MR) is 75.8 cm³/mol. The molecule has 18 heavy (non-hydrogen) atoms. The second kappa shape index (κ2) is 5.91. The molecule has 0 amide bonds. The van der Waals surface area contributed by atoms with E-state index in [1.807, 2.05) is 38.2 Å². The van der Waals surface area contributed by atoms with Crippen molar-refractivity contribution in [1.29, 1.82) is 0 Å². The molecule has 96 valence electrons. The van der Waals surface area contributed by atoms with Crippen molar-refractivity contribution >= 4 is 21.6 Å². The Morgan fingerprint density at radius 1 is 1.44 bits per heavy atom. The summed E-state index contributed by atoms with van der Waals surface area (Å²) in [6.07, 6.45) is 3.72. The van der Waals surface area contributed by atoms with Crippen LogP contribution in [-0.2, 0) is 6.54 Å². The van der Waals surface area contributed by atoms with Crippen molar-refractivity contribution in [3.05, 3.63) is 40.9 Å². The van der Waals surface area contributed by atoms with Gasteiger partial charge in [0.25, 0.3) is 0 Å². The molecule has 2 N–H and O–H groups in total. The van der Waals surface area contributed by atoms with Crippen LogP contribution in [0, 0.1) is 0 Å². The zero-order valence-electron chi connectivity index (χ0n) is 10.4. The molecule has 0 bridgehead atoms. The van der Waals surface area contributed by atoms with Crippen molar-refractivity contribution in [2.75, 3.05) is 5.32 Å². The van der Waals surface area contributed by atoms with Crippen LogP contribution in [0.4, 0.5) is 5.69 Å². The zero-order chi connectivity index (χ0) is 13.0. The van der Waals surface area contributed by atoms with Crippen LogP contribution in [-0.4, -0.2) is 16.1 Å². The molecule has 0 aliphatic heterocycles. The first-order valence-electron chi connectivity index (χ1n) is 5.83. The maximum Gasteiger partial charge on any atom is 0.134 e. The van der Waals surface area contributed by atoms with Gasteiger partial charge in [-0.05, 0) is 48.0 Å². The number of hydrogen-bond acceptors (Lipinski definition) is 3. The highest BCUT2D eigenvalue weighted by Crippen LogP contribution is 2.29. The van der Waals surface area contributed by atoms with Gasteiger partial charge in [-0.1, -0.05) is 0 Å². The predicted octanol–water partition coefficient (Wildman–Crippen LogP) is 3.57. The van der Waals surface area contributed by atoms with Gasteiger partial charge in [0.05, 0.1) is 17.1 Å². The minimum Gasteiger partial charge on any atom is -0.490 e. The van der Waals surface area contributed by atoms with Crippen molar-refractivity contribution < 1.29 is 4.74 Å². The number of aromatic nitrogens is 2. The number of benzene rings is 1. The molecule has 0 saturated heterocycles. The van der Waals surface area contributed by atoms with E-state index in [9.17, 15) is 0 Å². The maximum absolute atomic E-state index is 5.66. The van der Waals surface area contributed by atoms with E-state index in [2.05, 4.69) is 31.2 Å². The Labute approximate surface area is 115 Å². The Morgan fingerprint density at radius 3 is 2.89 bits per heavy atom. The van der Waals surface area contributed by atoms with Crippen molar-refractivity contribution in [1.82, 2.24) is 9.97 Å². The fraction of sp³-hybridized carbons (Fsp3) is 0.308. The Hall–Kier alpha value is -1.49. The molecule has 2 aromatic rings. The van der Waals surface area contributed by atoms with Gasteiger partial charge in [0, 0.05) is 18.1 Å². The topological polar surface area (TPSA) is 49.9 Å². The molecule has 1 heterocycles. The lowest BCUT2D eigenvalue weighted by Crippen LogP contribution is -2.06. The molecule has 1 aromatic carbocycles. The summed E-state index contributed by atoms with van der Waals surface area (Å²) in [7, 11) is 0. The molecule has 0 aliphatic carbocycles. The van der Waals surface area contributed by atoms with Gasteiger partial charge in [0.1, 0.15) is 11.6 Å². The Morgan fingerprint density at radius 2 is 2.28 bits per heavy atom. The number of rotatable bonds is 5. The van der Waals surface area contributed by atoms with E-state index in [4.69, 9.17) is 4.74 Å². The van der Waals surface area contributed by atoms with Gasteiger partial charge in [-0.3, -0.25) is 0 Å². The summed E-state index contributed by atoms with van der Waals surface area (Å²) in [6.45, 7) is 4.69. The Kier molecular flexibility index (Phi) is 4.25. The quantitative estimate of drug-likeness (QED) is 0.887. The summed E-state index contributed by atoms with van der Waals surface area (Å²) >= 11 is 3.51. The van der Waals surface area contributed by atoms with Crippen molar-refractivity contribution in [3.63, 3.8) is 0 Å². The lowest BCUT2D eigenvalue weighted by molar-refractivity contribution is 0.241. The van der Waals surface area contributed by atoms with Gasteiger partial charge in [0.2, 0.25) is 0 Å². The number of imidazole rings is 1. The van der Waals surface area contributed by atoms with Crippen LogP contribution >= 0.6 is 15.9 Å². The summed E-state index contributed by atoms with van der Waals surface area (Å²) in [5.74, 6) is 1.77. The molecule has 0 fully saturated rings. The largest absolute Gasteiger partial charge is 0.490 e. The summed E-state index contributed by atoms with van der Waals surface area (Å²) in [5, 5.41) is 3.29. The van der Waals surface area contributed by atoms with Gasteiger partial charge < -0.3 is 15.0 Å². The van der Waals surface area contributed by atoms with E-state index in [-0.39, 0.29) is 6.10 Å². The lowest BCUT2D eigenvalue weighted by atomic mass is 10.3. The first-order chi connectivity index (χ1) is 8.65. The molecular formula is C13H16BrN3O. The first kappa shape index (κ1) is 13.0. The van der Waals surface area contributed by atoms with Gasteiger partial charge in [0.15, 0.2) is 0 Å². The summed E-state index contributed by atoms with van der Waals surface area (Å²) < 4.78 is 6.60. The fourth-order valence-corrected chi connectivity index (χ4v) is 2.01. The number of nitrogens with zero attached hydrogens (tertiary/aromatic N) is 1. The normalized spacial score (nSPS) is 10.7.